The molecule has 1 aliphatic heterocycles. The standard InChI is InChI=1S/C25H27N3O/c1-3-22(21-8-5-4-6-9-21)25(29)28-17-16-27(24-23(28)10-7-15-26-24)18-20-13-11-19(2)12-14-20/h4-15,22H,3,16-18H2,1-2H3/t22-/m1/s1. The Morgan fingerprint density at radius 2 is 1.76 bits per heavy atom. The van der Waals surface area contributed by atoms with E-state index in [1.165, 1.54) is 11.1 Å². The van der Waals surface area contributed by atoms with Crippen molar-refractivity contribution in [2.75, 3.05) is 22.9 Å². The molecule has 0 saturated carbocycles. The number of carbonyl (C=O) groups excluding carboxylic acids is 1. The Bertz CT molecular complexity index is 969. The van der Waals surface area contributed by atoms with Gasteiger partial charge in [-0.3, -0.25) is 4.79 Å². The molecular formula is C25H27N3O. The van der Waals surface area contributed by atoms with E-state index in [0.29, 0.717) is 6.54 Å². The normalized spacial score (nSPS) is 14.4. The number of benzene rings is 2. The average molecular weight is 386 g/mol. The Morgan fingerprint density at radius 1 is 1.00 bits per heavy atom. The second kappa shape index (κ2) is 8.48. The zero-order valence-corrected chi connectivity index (χ0v) is 17.1. The molecule has 4 nitrogen and oxygen atoms in total. The van der Waals surface area contributed by atoms with E-state index in [4.69, 9.17) is 0 Å². The molecule has 1 atom stereocenters. The van der Waals surface area contributed by atoms with E-state index in [1.54, 1.807) is 0 Å². The minimum absolute atomic E-state index is 0.132. The third-order valence-electron chi connectivity index (χ3n) is 5.62. The first-order chi connectivity index (χ1) is 14.2. The number of anilines is 2. The largest absolute Gasteiger partial charge is 0.349 e. The van der Waals surface area contributed by atoms with Crippen LogP contribution in [0.5, 0.6) is 0 Å². The van der Waals surface area contributed by atoms with Gasteiger partial charge in [-0.15, -0.1) is 0 Å². The fourth-order valence-electron chi connectivity index (χ4n) is 4.01. The zero-order valence-electron chi connectivity index (χ0n) is 17.1. The summed E-state index contributed by atoms with van der Waals surface area (Å²) in [5.41, 5.74) is 4.50. The van der Waals surface area contributed by atoms with E-state index in [-0.39, 0.29) is 11.8 Å². The second-order valence-corrected chi connectivity index (χ2v) is 7.61. The summed E-state index contributed by atoms with van der Waals surface area (Å²) < 4.78 is 0. The number of carbonyl (C=O) groups is 1. The number of amides is 1. The molecule has 2 heterocycles. The molecule has 0 spiro atoms. The van der Waals surface area contributed by atoms with Gasteiger partial charge in [0.1, 0.15) is 0 Å². The van der Waals surface area contributed by atoms with E-state index in [0.717, 1.165) is 36.6 Å². The predicted molar refractivity (Wildman–Crippen MR) is 118 cm³/mol. The van der Waals surface area contributed by atoms with Crippen LogP contribution in [0.4, 0.5) is 11.5 Å². The van der Waals surface area contributed by atoms with Crippen LogP contribution < -0.4 is 9.80 Å². The van der Waals surface area contributed by atoms with Gasteiger partial charge < -0.3 is 9.80 Å². The van der Waals surface area contributed by atoms with Crippen molar-refractivity contribution >= 4 is 17.4 Å². The molecule has 4 rings (SSSR count). The monoisotopic (exact) mass is 385 g/mol. The predicted octanol–water partition coefficient (Wildman–Crippen LogP) is 4.94. The van der Waals surface area contributed by atoms with Gasteiger partial charge in [0, 0.05) is 25.8 Å². The molecule has 1 aromatic heterocycles. The molecule has 0 aliphatic carbocycles. The van der Waals surface area contributed by atoms with Crippen LogP contribution in [0.25, 0.3) is 0 Å². The molecule has 0 unspecified atom stereocenters. The number of aryl methyl sites for hydroxylation is 1. The van der Waals surface area contributed by atoms with E-state index in [2.05, 4.69) is 48.0 Å². The van der Waals surface area contributed by atoms with Gasteiger partial charge in [0.25, 0.3) is 0 Å². The number of fused-ring (bicyclic) bond motifs is 1. The van der Waals surface area contributed by atoms with Crippen LogP contribution in [-0.2, 0) is 11.3 Å². The average Bonchev–Trinajstić information content (AvgIpc) is 2.77. The van der Waals surface area contributed by atoms with Crippen LogP contribution >= 0.6 is 0 Å². The molecule has 29 heavy (non-hydrogen) atoms. The van der Waals surface area contributed by atoms with E-state index in [9.17, 15) is 4.79 Å². The Hall–Kier alpha value is -3.14. The minimum atomic E-state index is -0.132. The first-order valence-electron chi connectivity index (χ1n) is 10.3. The van der Waals surface area contributed by atoms with E-state index in [1.807, 2.05) is 53.6 Å². The van der Waals surface area contributed by atoms with Crippen LogP contribution in [0.15, 0.2) is 72.9 Å². The molecular weight excluding hydrogens is 358 g/mol. The lowest BCUT2D eigenvalue weighted by Gasteiger charge is -2.38. The number of nitrogens with zero attached hydrogens (tertiary/aromatic N) is 3. The summed E-state index contributed by atoms with van der Waals surface area (Å²) in [5, 5.41) is 0. The summed E-state index contributed by atoms with van der Waals surface area (Å²) in [5.74, 6) is 0.909. The van der Waals surface area contributed by atoms with Gasteiger partial charge in [-0.25, -0.2) is 4.98 Å². The molecule has 0 bridgehead atoms. The van der Waals surface area contributed by atoms with Crippen LogP contribution in [0.3, 0.4) is 0 Å². The molecule has 148 valence electrons. The van der Waals surface area contributed by atoms with Gasteiger partial charge in [-0.05, 0) is 36.6 Å². The van der Waals surface area contributed by atoms with Crippen LogP contribution in [-0.4, -0.2) is 24.0 Å². The van der Waals surface area contributed by atoms with Crippen molar-refractivity contribution in [1.82, 2.24) is 4.98 Å². The van der Waals surface area contributed by atoms with Crippen molar-refractivity contribution < 1.29 is 4.79 Å². The Labute approximate surface area is 172 Å². The molecule has 2 aromatic carbocycles. The minimum Gasteiger partial charge on any atom is -0.349 e. The number of aromatic nitrogens is 1. The lowest BCUT2D eigenvalue weighted by Crippen LogP contribution is -2.46. The van der Waals surface area contributed by atoms with Gasteiger partial charge in [-0.2, -0.15) is 0 Å². The Kier molecular flexibility index (Phi) is 5.61. The van der Waals surface area contributed by atoms with Crippen LogP contribution in [0.1, 0.15) is 36.0 Å². The van der Waals surface area contributed by atoms with Crippen molar-refractivity contribution in [2.45, 2.75) is 32.7 Å². The maximum absolute atomic E-state index is 13.5. The lowest BCUT2D eigenvalue weighted by atomic mass is 9.94. The molecule has 0 fully saturated rings. The third kappa shape index (κ3) is 4.02. The van der Waals surface area contributed by atoms with Crippen molar-refractivity contribution in [1.29, 1.82) is 0 Å². The molecule has 1 amide bonds. The van der Waals surface area contributed by atoms with Crippen molar-refractivity contribution in [3.05, 3.63) is 89.6 Å². The highest BCUT2D eigenvalue weighted by molar-refractivity contribution is 6.01. The lowest BCUT2D eigenvalue weighted by molar-refractivity contribution is -0.120. The first kappa shape index (κ1) is 19.2. The highest BCUT2D eigenvalue weighted by atomic mass is 16.2. The Balaban J connectivity index is 1.61. The summed E-state index contributed by atoms with van der Waals surface area (Å²) in [7, 11) is 0. The van der Waals surface area contributed by atoms with Gasteiger partial charge in [0.15, 0.2) is 5.82 Å². The van der Waals surface area contributed by atoms with Crippen LogP contribution in [0.2, 0.25) is 0 Å². The van der Waals surface area contributed by atoms with Crippen molar-refractivity contribution in [3.63, 3.8) is 0 Å². The number of pyridine rings is 1. The maximum atomic E-state index is 13.5. The summed E-state index contributed by atoms with van der Waals surface area (Å²) in [6.45, 7) is 6.42. The van der Waals surface area contributed by atoms with Gasteiger partial charge >= 0.3 is 0 Å². The van der Waals surface area contributed by atoms with Crippen LogP contribution in [0, 0.1) is 6.92 Å². The molecule has 0 N–H and O–H groups in total. The fourth-order valence-corrected chi connectivity index (χ4v) is 4.01. The number of rotatable bonds is 5. The second-order valence-electron chi connectivity index (χ2n) is 7.61. The molecule has 1 aliphatic rings. The molecule has 0 saturated heterocycles. The summed E-state index contributed by atoms with van der Waals surface area (Å²) in [6.07, 6.45) is 2.59. The van der Waals surface area contributed by atoms with Gasteiger partial charge in [0.2, 0.25) is 5.91 Å². The van der Waals surface area contributed by atoms with E-state index >= 15 is 0 Å². The SMILES string of the molecule is CC[C@@H](C(=O)N1CCN(Cc2ccc(C)cc2)c2ncccc21)c1ccccc1. The number of hydrogen-bond donors (Lipinski definition) is 0. The van der Waals surface area contributed by atoms with Crippen molar-refractivity contribution in [2.24, 2.45) is 0 Å². The molecule has 4 heteroatoms. The highest BCUT2D eigenvalue weighted by Crippen LogP contribution is 2.34. The smallest absolute Gasteiger partial charge is 0.234 e. The Morgan fingerprint density at radius 3 is 2.48 bits per heavy atom. The van der Waals surface area contributed by atoms with Gasteiger partial charge in [-0.1, -0.05) is 67.1 Å². The molecule has 0 radical (unpaired) electrons. The van der Waals surface area contributed by atoms with E-state index < -0.39 is 0 Å². The first-order valence-corrected chi connectivity index (χ1v) is 10.3. The summed E-state index contributed by atoms with van der Waals surface area (Å²) >= 11 is 0. The summed E-state index contributed by atoms with van der Waals surface area (Å²) in [4.78, 5) is 22.3. The highest BCUT2D eigenvalue weighted by Gasteiger charge is 2.31. The topological polar surface area (TPSA) is 36.4 Å². The number of hydrogen-bond acceptors (Lipinski definition) is 3. The third-order valence-corrected chi connectivity index (χ3v) is 5.62. The summed E-state index contributed by atoms with van der Waals surface area (Å²) in [6, 6.07) is 22.6. The van der Waals surface area contributed by atoms with Crippen molar-refractivity contribution in [3.8, 4) is 0 Å². The van der Waals surface area contributed by atoms with Gasteiger partial charge in [0.05, 0.1) is 11.6 Å². The quantitative estimate of drug-likeness (QED) is 0.624. The maximum Gasteiger partial charge on any atom is 0.234 e. The fraction of sp³-hybridized carbons (Fsp3) is 0.280. The molecule has 3 aromatic rings. The zero-order chi connectivity index (χ0) is 20.2.